The van der Waals surface area contributed by atoms with Gasteiger partial charge in [0.25, 0.3) is 23.6 Å². The lowest BCUT2D eigenvalue weighted by Gasteiger charge is -2.18. The van der Waals surface area contributed by atoms with Gasteiger partial charge in [0.15, 0.2) is 0 Å². The first-order valence-corrected chi connectivity index (χ1v) is 20.0. The van der Waals surface area contributed by atoms with Crippen LogP contribution in [0.4, 0.5) is 4.79 Å². The second-order valence-corrected chi connectivity index (χ2v) is 14.5. The number of nitrogens with two attached hydrogens (primary N) is 2. The number of hydrogen-bond acceptors (Lipinski definition) is 12. The minimum absolute atomic E-state index is 0.00505. The molecule has 0 saturated heterocycles. The Morgan fingerprint density at radius 3 is 1.37 bits per heavy atom. The number of carbonyl (C=O) groups is 6. The van der Waals surface area contributed by atoms with Gasteiger partial charge in [-0.2, -0.15) is 0 Å². The molecular formula is C45H60N8O9. The van der Waals surface area contributed by atoms with E-state index in [0.717, 1.165) is 35.1 Å². The third-order valence-electron chi connectivity index (χ3n) is 8.78. The minimum Gasteiger partial charge on any atom is -0.444 e. The summed E-state index contributed by atoms with van der Waals surface area (Å²) >= 11 is 0. The van der Waals surface area contributed by atoms with E-state index in [1.807, 2.05) is 36.4 Å². The summed E-state index contributed by atoms with van der Waals surface area (Å²) < 4.78 is 4.83. The van der Waals surface area contributed by atoms with Crippen LogP contribution in [0.3, 0.4) is 0 Å². The molecule has 0 saturated carbocycles. The number of ether oxygens (including phenoxy) is 1. The van der Waals surface area contributed by atoms with Crippen LogP contribution in [-0.4, -0.2) is 96.8 Å². The van der Waals surface area contributed by atoms with E-state index in [1.165, 1.54) is 16.6 Å². The Kier molecular flexibility index (Phi) is 22.8. The summed E-state index contributed by atoms with van der Waals surface area (Å²) in [6.45, 7) is 10.4. The van der Waals surface area contributed by atoms with Crippen molar-refractivity contribution in [2.75, 3.05) is 32.7 Å². The molecule has 0 bridgehead atoms. The van der Waals surface area contributed by atoms with Crippen molar-refractivity contribution in [3.05, 3.63) is 119 Å². The number of hydroxylamine groups is 2. The van der Waals surface area contributed by atoms with E-state index in [0.29, 0.717) is 30.5 Å². The number of carbonyl (C=O) groups excluding carboxylic acids is 6. The number of benzene rings is 4. The third-order valence-corrected chi connectivity index (χ3v) is 8.78. The fourth-order valence-electron chi connectivity index (χ4n) is 5.36. The zero-order valence-corrected chi connectivity index (χ0v) is 35.8. The Labute approximate surface area is 362 Å². The maximum atomic E-state index is 12.4. The van der Waals surface area contributed by atoms with Crippen LogP contribution in [0.5, 0.6) is 0 Å². The van der Waals surface area contributed by atoms with E-state index < -0.39 is 47.4 Å². The van der Waals surface area contributed by atoms with Crippen LogP contribution >= 0.6 is 0 Å². The van der Waals surface area contributed by atoms with Crippen molar-refractivity contribution in [2.45, 2.75) is 65.1 Å². The summed E-state index contributed by atoms with van der Waals surface area (Å²) in [6, 6.07) is 28.8. The van der Waals surface area contributed by atoms with Crippen molar-refractivity contribution in [3.63, 3.8) is 0 Å². The molecule has 4 aromatic rings. The molecule has 0 radical (unpaired) electrons. The van der Waals surface area contributed by atoms with Crippen molar-refractivity contribution in [1.82, 2.24) is 32.2 Å². The maximum Gasteiger partial charge on any atom is 0.408 e. The summed E-state index contributed by atoms with van der Waals surface area (Å²) in [6.07, 6.45) is 2.01. The van der Waals surface area contributed by atoms with E-state index >= 15 is 0 Å². The largest absolute Gasteiger partial charge is 0.444 e. The fourth-order valence-corrected chi connectivity index (χ4v) is 5.36. The highest BCUT2D eigenvalue weighted by Gasteiger charge is 2.21. The highest BCUT2D eigenvalue weighted by Crippen LogP contribution is 2.22. The SMILES string of the molecule is CC(C)(C)OC(=O)NCC=O.CCc1ccc(-c2ccc(C(=O)N[C@@H](CN)C(=O)NO)cc2)cc1.CCc1ccc(-c2ccc(C(=O)N[C@@H](CNCCN)C(=O)NO)cc2)cc1. The van der Waals surface area contributed by atoms with E-state index in [1.54, 1.807) is 50.5 Å². The summed E-state index contributed by atoms with van der Waals surface area (Å²) in [4.78, 5) is 68.1. The Hall–Kier alpha value is -6.50. The molecule has 5 amide bonds. The van der Waals surface area contributed by atoms with Crippen LogP contribution in [0.2, 0.25) is 0 Å². The van der Waals surface area contributed by atoms with Crippen molar-refractivity contribution >= 4 is 36.0 Å². The molecule has 0 spiro atoms. The van der Waals surface area contributed by atoms with Crippen LogP contribution in [0.15, 0.2) is 97.1 Å². The predicted octanol–water partition coefficient (Wildman–Crippen LogP) is 3.26. The van der Waals surface area contributed by atoms with Gasteiger partial charge in [-0.25, -0.2) is 15.8 Å². The van der Waals surface area contributed by atoms with Gasteiger partial charge in [-0.1, -0.05) is 86.6 Å². The standard InChI is InChI=1S/C20H26N4O3.C18H21N3O3.C7H13NO3/c1-2-14-3-5-15(6-4-14)16-7-9-17(10-8-16)19(25)23-18(20(26)24-27)13-22-12-11-21;1-2-12-3-5-13(6-4-12)14-7-9-15(10-8-14)17(22)20-16(11-19)18(23)21-24;1-7(2,3)11-6(10)8-4-5-9/h3-10,18,22,27H,2,11-13,21H2,1H3,(H,23,25)(H,24,26);3-10,16,24H,2,11,19H2,1H3,(H,20,22)(H,21,23);5H,4H2,1-3H3,(H,8,10)/t18-;16-;/m00./s1. The van der Waals surface area contributed by atoms with Gasteiger partial charge in [0.1, 0.15) is 24.0 Å². The first-order chi connectivity index (χ1) is 29.6. The molecule has 62 heavy (non-hydrogen) atoms. The average molecular weight is 857 g/mol. The molecular weight excluding hydrogens is 797 g/mol. The molecule has 17 heteroatoms. The van der Waals surface area contributed by atoms with Crippen LogP contribution in [0, 0.1) is 0 Å². The second-order valence-electron chi connectivity index (χ2n) is 14.5. The summed E-state index contributed by atoms with van der Waals surface area (Å²) in [7, 11) is 0. The van der Waals surface area contributed by atoms with Crippen molar-refractivity contribution in [3.8, 4) is 22.3 Å². The Balaban J connectivity index is 0.000000347. The molecule has 0 aliphatic carbocycles. The topological polar surface area (TPSA) is 276 Å². The van der Waals surface area contributed by atoms with Gasteiger partial charge in [-0.05, 0) is 91.3 Å². The van der Waals surface area contributed by atoms with Gasteiger partial charge < -0.3 is 42.3 Å². The van der Waals surface area contributed by atoms with E-state index in [2.05, 4.69) is 71.5 Å². The molecule has 4 aromatic carbocycles. The monoisotopic (exact) mass is 856 g/mol. The molecule has 4 rings (SSSR count). The molecule has 0 fully saturated rings. The fraction of sp³-hybridized carbons (Fsp3) is 0.333. The van der Waals surface area contributed by atoms with Gasteiger partial charge in [0.2, 0.25) is 0 Å². The van der Waals surface area contributed by atoms with Crippen LogP contribution < -0.4 is 43.7 Å². The van der Waals surface area contributed by atoms with Crippen molar-refractivity contribution < 1.29 is 43.9 Å². The summed E-state index contributed by atoms with van der Waals surface area (Å²) in [5, 5.41) is 27.7. The number of nitrogens with one attached hydrogen (secondary N) is 6. The minimum atomic E-state index is -0.983. The Morgan fingerprint density at radius 1 is 0.645 bits per heavy atom. The predicted molar refractivity (Wildman–Crippen MR) is 236 cm³/mol. The molecule has 0 unspecified atom stereocenters. The number of aldehydes is 1. The zero-order chi connectivity index (χ0) is 46.1. The lowest BCUT2D eigenvalue weighted by molar-refractivity contribution is -0.131. The number of hydrogen-bond donors (Lipinski definition) is 10. The Bertz CT molecular complexity index is 2000. The van der Waals surface area contributed by atoms with Crippen molar-refractivity contribution in [2.24, 2.45) is 11.5 Å². The number of amides is 5. The second kappa shape index (κ2) is 27.4. The smallest absolute Gasteiger partial charge is 0.408 e. The van der Waals surface area contributed by atoms with Gasteiger partial charge in [-0.3, -0.25) is 29.6 Å². The van der Waals surface area contributed by atoms with E-state index in [4.69, 9.17) is 26.6 Å². The normalized spacial score (nSPS) is 11.4. The molecule has 0 aliphatic rings. The zero-order valence-electron chi connectivity index (χ0n) is 35.8. The average Bonchev–Trinajstić information content (AvgIpc) is 3.29. The van der Waals surface area contributed by atoms with Crippen LogP contribution in [0.1, 0.15) is 66.5 Å². The number of rotatable bonds is 17. The molecule has 17 nitrogen and oxygen atoms in total. The van der Waals surface area contributed by atoms with Crippen LogP contribution in [0.25, 0.3) is 22.3 Å². The molecule has 0 aliphatic heterocycles. The van der Waals surface area contributed by atoms with E-state index in [9.17, 15) is 28.8 Å². The first kappa shape index (κ1) is 51.6. The Morgan fingerprint density at radius 2 is 1.03 bits per heavy atom. The third kappa shape index (κ3) is 18.4. The van der Waals surface area contributed by atoms with Gasteiger partial charge in [-0.15, -0.1) is 0 Å². The summed E-state index contributed by atoms with van der Waals surface area (Å²) in [5.74, 6) is -2.27. The molecule has 0 heterocycles. The number of aryl methyl sites for hydroxylation is 2. The molecule has 2 atom stereocenters. The van der Waals surface area contributed by atoms with Gasteiger partial charge >= 0.3 is 6.09 Å². The molecule has 12 N–H and O–H groups in total. The van der Waals surface area contributed by atoms with Gasteiger partial charge in [0.05, 0.1) is 6.54 Å². The summed E-state index contributed by atoms with van der Waals surface area (Å²) in [5.41, 5.74) is 20.9. The maximum absolute atomic E-state index is 12.4. The lowest BCUT2D eigenvalue weighted by atomic mass is 10.0. The first-order valence-electron chi connectivity index (χ1n) is 20.0. The van der Waals surface area contributed by atoms with Gasteiger partial charge in [0, 0.05) is 37.3 Å². The van der Waals surface area contributed by atoms with Crippen LogP contribution in [-0.2, 0) is 32.0 Å². The van der Waals surface area contributed by atoms with Crippen molar-refractivity contribution in [1.29, 1.82) is 0 Å². The highest BCUT2D eigenvalue weighted by molar-refractivity contribution is 5.98. The van der Waals surface area contributed by atoms with E-state index in [-0.39, 0.29) is 19.6 Å². The highest BCUT2D eigenvalue weighted by atomic mass is 16.6. The quantitative estimate of drug-likeness (QED) is 0.0317. The lowest BCUT2D eigenvalue weighted by Crippen LogP contribution is -2.51. The molecule has 0 aromatic heterocycles. The number of alkyl carbamates (subject to hydrolysis) is 1. The molecule has 334 valence electrons.